The van der Waals surface area contributed by atoms with Crippen molar-refractivity contribution in [2.45, 2.75) is 32.8 Å². The molecule has 0 aromatic heterocycles. The van der Waals surface area contributed by atoms with Crippen LogP contribution in [0.4, 0.5) is 0 Å². The molecule has 1 saturated carbocycles. The Labute approximate surface area is 68.2 Å². The average Bonchev–Trinajstić information content (AvgIpc) is 2.30. The molecule has 1 rings (SSSR count). The van der Waals surface area contributed by atoms with Crippen LogP contribution in [0, 0.1) is 17.8 Å². The lowest BCUT2D eigenvalue weighted by Crippen LogP contribution is -2.27. The van der Waals surface area contributed by atoms with Crippen molar-refractivity contribution < 1.29 is 10.2 Å². The Morgan fingerprint density at radius 1 is 1.45 bits per heavy atom. The molecule has 0 aromatic carbocycles. The van der Waals surface area contributed by atoms with Crippen molar-refractivity contribution in [2.24, 2.45) is 17.8 Å². The topological polar surface area (TPSA) is 40.5 Å². The summed E-state index contributed by atoms with van der Waals surface area (Å²) in [5.41, 5.74) is 0. The van der Waals surface area contributed by atoms with Gasteiger partial charge in [-0.1, -0.05) is 13.8 Å². The third kappa shape index (κ3) is 1.74. The third-order valence-corrected chi connectivity index (χ3v) is 2.96. The minimum Gasteiger partial charge on any atom is -0.396 e. The van der Waals surface area contributed by atoms with Crippen LogP contribution in [-0.4, -0.2) is 22.9 Å². The molecule has 0 aromatic rings. The molecule has 2 N–H and O–H groups in total. The summed E-state index contributed by atoms with van der Waals surface area (Å²) < 4.78 is 0. The minimum absolute atomic E-state index is 0.174. The van der Waals surface area contributed by atoms with Gasteiger partial charge in [0, 0.05) is 6.61 Å². The van der Waals surface area contributed by atoms with E-state index in [0.717, 1.165) is 12.8 Å². The predicted octanol–water partition coefficient (Wildman–Crippen LogP) is 1.02. The lowest BCUT2D eigenvalue weighted by Gasteiger charge is -2.24. The van der Waals surface area contributed by atoms with Crippen molar-refractivity contribution >= 4 is 0 Å². The molecule has 1 aliphatic rings. The average molecular weight is 158 g/mol. The molecule has 0 amide bonds. The largest absolute Gasteiger partial charge is 0.396 e. The Balaban J connectivity index is 2.53. The first kappa shape index (κ1) is 9.01. The molecule has 4 unspecified atom stereocenters. The van der Waals surface area contributed by atoms with Crippen LogP contribution in [0.1, 0.15) is 26.7 Å². The second-order valence-electron chi connectivity index (χ2n) is 3.86. The maximum absolute atomic E-state index is 9.55. The van der Waals surface area contributed by atoms with Gasteiger partial charge in [-0.05, 0) is 30.6 Å². The standard InChI is InChI=1S/C9H18O2/c1-6-3-4-8(11)9(6)7(2)5-10/h6-11H,3-5H2,1-2H3. The van der Waals surface area contributed by atoms with E-state index in [1.54, 1.807) is 0 Å². The summed E-state index contributed by atoms with van der Waals surface area (Å²) in [6.45, 7) is 4.37. The molecule has 1 fully saturated rings. The van der Waals surface area contributed by atoms with Crippen molar-refractivity contribution in [1.29, 1.82) is 0 Å². The summed E-state index contributed by atoms with van der Waals surface area (Å²) >= 11 is 0. The zero-order chi connectivity index (χ0) is 8.43. The molecule has 0 bridgehead atoms. The summed E-state index contributed by atoms with van der Waals surface area (Å²) in [5, 5.41) is 18.5. The van der Waals surface area contributed by atoms with E-state index in [2.05, 4.69) is 6.92 Å². The van der Waals surface area contributed by atoms with E-state index >= 15 is 0 Å². The highest BCUT2D eigenvalue weighted by Crippen LogP contribution is 2.36. The fourth-order valence-corrected chi connectivity index (χ4v) is 2.26. The minimum atomic E-state index is -0.174. The summed E-state index contributed by atoms with van der Waals surface area (Å²) in [6, 6.07) is 0. The van der Waals surface area contributed by atoms with Crippen LogP contribution in [0.5, 0.6) is 0 Å². The van der Waals surface area contributed by atoms with E-state index in [4.69, 9.17) is 5.11 Å². The lowest BCUT2D eigenvalue weighted by molar-refractivity contribution is 0.0615. The second-order valence-corrected chi connectivity index (χ2v) is 3.86. The summed E-state index contributed by atoms with van der Waals surface area (Å²) in [6.07, 6.45) is 1.85. The highest BCUT2D eigenvalue weighted by Gasteiger charge is 2.35. The fraction of sp³-hybridized carbons (Fsp3) is 1.00. The molecule has 0 spiro atoms. The van der Waals surface area contributed by atoms with Crippen LogP contribution in [0.15, 0.2) is 0 Å². The molecule has 0 radical (unpaired) electrons. The van der Waals surface area contributed by atoms with E-state index in [-0.39, 0.29) is 18.6 Å². The highest BCUT2D eigenvalue weighted by molar-refractivity contribution is 4.85. The third-order valence-electron chi connectivity index (χ3n) is 2.96. The van der Waals surface area contributed by atoms with Crippen LogP contribution in [0.2, 0.25) is 0 Å². The van der Waals surface area contributed by atoms with Crippen LogP contribution in [0.25, 0.3) is 0 Å². The molecule has 0 saturated heterocycles. The Morgan fingerprint density at radius 2 is 2.09 bits per heavy atom. The number of aliphatic hydroxyl groups excluding tert-OH is 2. The number of rotatable bonds is 2. The van der Waals surface area contributed by atoms with E-state index in [0.29, 0.717) is 11.8 Å². The molecule has 0 aliphatic heterocycles. The van der Waals surface area contributed by atoms with Crippen molar-refractivity contribution in [3.8, 4) is 0 Å². The maximum Gasteiger partial charge on any atom is 0.0574 e. The van der Waals surface area contributed by atoms with Gasteiger partial charge in [0.25, 0.3) is 0 Å². The first-order chi connectivity index (χ1) is 5.16. The first-order valence-corrected chi connectivity index (χ1v) is 4.45. The molecular weight excluding hydrogens is 140 g/mol. The van der Waals surface area contributed by atoms with Gasteiger partial charge in [0.15, 0.2) is 0 Å². The second kappa shape index (κ2) is 3.55. The van der Waals surface area contributed by atoms with Gasteiger partial charge in [-0.15, -0.1) is 0 Å². The Bertz CT molecular complexity index is 115. The van der Waals surface area contributed by atoms with Crippen LogP contribution < -0.4 is 0 Å². The first-order valence-electron chi connectivity index (χ1n) is 4.45. The molecule has 11 heavy (non-hydrogen) atoms. The lowest BCUT2D eigenvalue weighted by atomic mass is 9.85. The van der Waals surface area contributed by atoms with Crippen molar-refractivity contribution in [3.63, 3.8) is 0 Å². The van der Waals surface area contributed by atoms with Gasteiger partial charge in [0.2, 0.25) is 0 Å². The monoisotopic (exact) mass is 158 g/mol. The van der Waals surface area contributed by atoms with Crippen molar-refractivity contribution in [3.05, 3.63) is 0 Å². The van der Waals surface area contributed by atoms with Crippen LogP contribution in [0.3, 0.4) is 0 Å². The number of hydrogen-bond acceptors (Lipinski definition) is 2. The summed E-state index contributed by atoms with van der Waals surface area (Å²) in [4.78, 5) is 0. The molecule has 2 nitrogen and oxygen atoms in total. The van der Waals surface area contributed by atoms with Crippen molar-refractivity contribution in [2.75, 3.05) is 6.61 Å². The van der Waals surface area contributed by atoms with E-state index < -0.39 is 0 Å². The quantitative estimate of drug-likeness (QED) is 0.630. The zero-order valence-electron chi connectivity index (χ0n) is 7.33. The highest BCUT2D eigenvalue weighted by atomic mass is 16.3. The fourth-order valence-electron chi connectivity index (χ4n) is 2.26. The van der Waals surface area contributed by atoms with Crippen LogP contribution >= 0.6 is 0 Å². The Kier molecular flexibility index (Phi) is 2.90. The molecular formula is C9H18O2. The number of hydrogen-bond donors (Lipinski definition) is 2. The van der Waals surface area contributed by atoms with Gasteiger partial charge in [-0.25, -0.2) is 0 Å². The molecule has 66 valence electrons. The smallest absolute Gasteiger partial charge is 0.0574 e. The van der Waals surface area contributed by atoms with E-state index in [1.165, 1.54) is 0 Å². The van der Waals surface area contributed by atoms with E-state index in [9.17, 15) is 5.11 Å². The molecule has 0 heterocycles. The SMILES string of the molecule is CC(CO)C1C(C)CCC1O. The molecule has 1 aliphatic carbocycles. The summed E-state index contributed by atoms with van der Waals surface area (Å²) in [5.74, 6) is 1.15. The van der Waals surface area contributed by atoms with E-state index in [1.807, 2.05) is 6.92 Å². The summed E-state index contributed by atoms with van der Waals surface area (Å²) in [7, 11) is 0. The van der Waals surface area contributed by atoms with Gasteiger partial charge in [0.1, 0.15) is 0 Å². The van der Waals surface area contributed by atoms with Gasteiger partial charge in [-0.3, -0.25) is 0 Å². The van der Waals surface area contributed by atoms with Gasteiger partial charge in [-0.2, -0.15) is 0 Å². The van der Waals surface area contributed by atoms with Gasteiger partial charge >= 0.3 is 0 Å². The zero-order valence-corrected chi connectivity index (χ0v) is 7.33. The Morgan fingerprint density at radius 3 is 2.45 bits per heavy atom. The maximum atomic E-state index is 9.55. The normalized spacial score (nSPS) is 40.9. The number of aliphatic hydroxyl groups is 2. The van der Waals surface area contributed by atoms with Crippen LogP contribution in [-0.2, 0) is 0 Å². The molecule has 4 atom stereocenters. The van der Waals surface area contributed by atoms with Crippen molar-refractivity contribution in [1.82, 2.24) is 0 Å². The molecule has 2 heteroatoms. The van der Waals surface area contributed by atoms with Gasteiger partial charge in [0.05, 0.1) is 6.10 Å². The predicted molar refractivity (Wildman–Crippen MR) is 44.1 cm³/mol. The Hall–Kier alpha value is -0.0800. The van der Waals surface area contributed by atoms with Gasteiger partial charge < -0.3 is 10.2 Å².